The maximum atomic E-state index is 5.62. The highest BCUT2D eigenvalue weighted by Crippen LogP contribution is 2.44. The predicted molar refractivity (Wildman–Crippen MR) is 57.8 cm³/mol. The van der Waals surface area contributed by atoms with E-state index in [4.69, 9.17) is 6.42 Å². The first-order chi connectivity index (χ1) is 5.52. The van der Waals surface area contributed by atoms with Gasteiger partial charge >= 0.3 is 0 Å². The van der Waals surface area contributed by atoms with E-state index >= 15 is 0 Å². The van der Waals surface area contributed by atoms with E-state index in [0.717, 1.165) is 6.42 Å². The molecule has 1 atom stereocenters. The van der Waals surface area contributed by atoms with Crippen molar-refractivity contribution in [2.45, 2.75) is 31.1 Å². The van der Waals surface area contributed by atoms with Crippen molar-refractivity contribution in [2.24, 2.45) is 0 Å². The molecule has 0 aromatic rings. The zero-order valence-corrected chi connectivity index (χ0v) is 9.09. The third kappa shape index (κ3) is 1.40. The van der Waals surface area contributed by atoms with Crippen molar-refractivity contribution in [1.29, 1.82) is 0 Å². The van der Waals surface area contributed by atoms with Crippen LogP contribution in [0.4, 0.5) is 0 Å². The summed E-state index contributed by atoms with van der Waals surface area (Å²) in [5.74, 6) is 2.98. The Balaban J connectivity index is 3.02. The van der Waals surface area contributed by atoms with Crippen molar-refractivity contribution in [3.05, 3.63) is 24.3 Å². The molecule has 64 valence electrons. The monoisotopic (exact) mass is 176 g/mol. The number of terminal acetylenes is 1. The van der Waals surface area contributed by atoms with Gasteiger partial charge in [0.25, 0.3) is 0 Å². The third-order valence-electron chi connectivity index (χ3n) is 2.66. The quantitative estimate of drug-likeness (QED) is 0.425. The Hall–Kier alpha value is -0.743. The lowest BCUT2D eigenvalue weighted by Crippen LogP contribution is -2.37. The van der Waals surface area contributed by atoms with E-state index in [-0.39, 0.29) is 5.04 Å². The van der Waals surface area contributed by atoms with Gasteiger partial charge in [0.15, 0.2) is 0 Å². The van der Waals surface area contributed by atoms with E-state index in [2.05, 4.69) is 49.9 Å². The zero-order chi connectivity index (χ0) is 9.24. The Kier molecular flexibility index (Phi) is 2.30. The zero-order valence-electron chi connectivity index (χ0n) is 8.09. The van der Waals surface area contributed by atoms with Crippen LogP contribution in [0.2, 0.25) is 24.7 Å². The van der Waals surface area contributed by atoms with E-state index in [1.807, 2.05) is 0 Å². The molecule has 1 unspecified atom stereocenters. The normalized spacial score (nSPS) is 28.5. The second kappa shape index (κ2) is 2.95. The maximum absolute atomic E-state index is 5.62. The van der Waals surface area contributed by atoms with Crippen molar-refractivity contribution >= 4 is 8.07 Å². The van der Waals surface area contributed by atoms with Gasteiger partial charge in [0.05, 0.1) is 8.07 Å². The lowest BCUT2D eigenvalue weighted by Gasteiger charge is -2.37. The van der Waals surface area contributed by atoms with E-state index in [9.17, 15) is 0 Å². The number of hydrogen-bond donors (Lipinski definition) is 0. The Morgan fingerprint density at radius 3 is 2.25 bits per heavy atom. The summed E-state index contributed by atoms with van der Waals surface area (Å²) in [6.07, 6.45) is 15.2. The fourth-order valence-corrected chi connectivity index (χ4v) is 3.26. The van der Waals surface area contributed by atoms with Gasteiger partial charge in [0, 0.05) is 5.04 Å². The van der Waals surface area contributed by atoms with Gasteiger partial charge in [-0.05, 0) is 6.42 Å². The third-order valence-corrected chi connectivity index (χ3v) is 5.86. The summed E-state index contributed by atoms with van der Waals surface area (Å²) in [6, 6.07) is 0. The minimum atomic E-state index is -1.28. The minimum Gasteiger partial charge on any atom is -0.119 e. The molecule has 1 heteroatoms. The van der Waals surface area contributed by atoms with Crippen molar-refractivity contribution in [1.82, 2.24) is 0 Å². The van der Waals surface area contributed by atoms with E-state index in [1.165, 1.54) is 0 Å². The summed E-state index contributed by atoms with van der Waals surface area (Å²) in [4.78, 5) is 0. The van der Waals surface area contributed by atoms with Gasteiger partial charge in [0.1, 0.15) is 0 Å². The molecule has 0 saturated heterocycles. The van der Waals surface area contributed by atoms with Crippen LogP contribution in [-0.4, -0.2) is 8.07 Å². The first kappa shape index (κ1) is 9.35. The van der Waals surface area contributed by atoms with E-state index in [0.29, 0.717) is 0 Å². The van der Waals surface area contributed by atoms with E-state index in [1.54, 1.807) is 0 Å². The molecule has 0 heterocycles. The summed E-state index contributed by atoms with van der Waals surface area (Å²) < 4.78 is 0. The molecule has 0 aromatic heterocycles. The summed E-state index contributed by atoms with van der Waals surface area (Å²) >= 11 is 0. The second-order valence-electron chi connectivity index (χ2n) is 4.36. The molecule has 0 bridgehead atoms. The van der Waals surface area contributed by atoms with Crippen LogP contribution in [0.3, 0.4) is 0 Å². The number of rotatable bonds is 1. The fraction of sp³-hybridized carbons (Fsp3) is 0.455. The first-order valence-electron chi connectivity index (χ1n) is 4.34. The molecular weight excluding hydrogens is 160 g/mol. The largest absolute Gasteiger partial charge is 0.119 e. The van der Waals surface area contributed by atoms with Crippen LogP contribution in [0.5, 0.6) is 0 Å². The molecule has 1 aliphatic rings. The average Bonchev–Trinajstić information content (AvgIpc) is 2.04. The smallest absolute Gasteiger partial charge is 0.0703 e. The molecule has 1 rings (SSSR count). The van der Waals surface area contributed by atoms with Gasteiger partial charge in [-0.1, -0.05) is 49.9 Å². The molecule has 0 spiro atoms. The van der Waals surface area contributed by atoms with Crippen molar-refractivity contribution in [3.8, 4) is 12.3 Å². The molecule has 0 amide bonds. The first-order valence-corrected chi connectivity index (χ1v) is 7.84. The van der Waals surface area contributed by atoms with Gasteiger partial charge in [-0.15, -0.1) is 6.42 Å². The van der Waals surface area contributed by atoms with Gasteiger partial charge in [-0.3, -0.25) is 0 Å². The molecule has 0 saturated carbocycles. The molecule has 0 N–H and O–H groups in total. The number of hydrogen-bond acceptors (Lipinski definition) is 0. The van der Waals surface area contributed by atoms with Crippen LogP contribution in [0, 0.1) is 12.3 Å². The Bertz CT molecular complexity index is 260. The topological polar surface area (TPSA) is 0 Å². The molecule has 12 heavy (non-hydrogen) atoms. The molecule has 0 aliphatic heterocycles. The second-order valence-corrected chi connectivity index (χ2v) is 9.75. The van der Waals surface area contributed by atoms with Crippen molar-refractivity contribution < 1.29 is 0 Å². The summed E-state index contributed by atoms with van der Waals surface area (Å²) in [5.41, 5.74) is 0. The van der Waals surface area contributed by atoms with Gasteiger partial charge in [0.2, 0.25) is 0 Å². The molecule has 0 radical (unpaired) electrons. The highest BCUT2D eigenvalue weighted by Gasteiger charge is 2.39. The van der Waals surface area contributed by atoms with Crippen LogP contribution in [0.1, 0.15) is 6.42 Å². The SMILES string of the molecule is C#CC1([Si](C)(C)C)C=CC=CC1. The van der Waals surface area contributed by atoms with Crippen LogP contribution >= 0.6 is 0 Å². The minimum absolute atomic E-state index is 0.0573. The highest BCUT2D eigenvalue weighted by atomic mass is 28.3. The summed E-state index contributed by atoms with van der Waals surface area (Å²) in [5, 5.41) is 0.0573. The fourth-order valence-electron chi connectivity index (χ4n) is 1.50. The Labute approximate surface area is 76.4 Å². The van der Waals surface area contributed by atoms with Crippen LogP contribution in [0.15, 0.2) is 24.3 Å². The van der Waals surface area contributed by atoms with Gasteiger partial charge in [-0.2, -0.15) is 0 Å². The standard InChI is InChI=1S/C11H16Si/c1-5-11(12(2,3)4)9-7-6-8-10-11/h1,6-9H,10H2,2-4H3. The van der Waals surface area contributed by atoms with Gasteiger partial charge < -0.3 is 0 Å². The highest BCUT2D eigenvalue weighted by molar-refractivity contribution is 6.80. The van der Waals surface area contributed by atoms with E-state index < -0.39 is 8.07 Å². The average molecular weight is 176 g/mol. The number of allylic oxidation sites excluding steroid dienone is 4. The molecular formula is C11H16Si. The van der Waals surface area contributed by atoms with Crippen molar-refractivity contribution in [2.75, 3.05) is 0 Å². The van der Waals surface area contributed by atoms with Crippen LogP contribution in [-0.2, 0) is 0 Å². The van der Waals surface area contributed by atoms with Crippen LogP contribution in [0.25, 0.3) is 0 Å². The summed E-state index contributed by atoms with van der Waals surface area (Å²) in [7, 11) is -1.28. The Morgan fingerprint density at radius 2 is 2.00 bits per heavy atom. The predicted octanol–water partition coefficient (Wildman–Crippen LogP) is 3.21. The maximum Gasteiger partial charge on any atom is 0.0703 e. The van der Waals surface area contributed by atoms with Gasteiger partial charge in [-0.25, -0.2) is 0 Å². The lowest BCUT2D eigenvalue weighted by atomic mass is 10.0. The summed E-state index contributed by atoms with van der Waals surface area (Å²) in [6.45, 7) is 6.99. The van der Waals surface area contributed by atoms with Crippen molar-refractivity contribution in [3.63, 3.8) is 0 Å². The Morgan fingerprint density at radius 1 is 1.33 bits per heavy atom. The molecule has 1 aliphatic carbocycles. The molecule has 0 fully saturated rings. The molecule has 0 nitrogen and oxygen atoms in total. The van der Waals surface area contributed by atoms with Crippen LogP contribution < -0.4 is 0 Å². The lowest BCUT2D eigenvalue weighted by molar-refractivity contribution is 0.834. The molecule has 0 aromatic carbocycles.